The largest absolute Gasteiger partial charge is 0.463 e. The SMILES string of the molecule is C=CC(=O)OCCCS(=O)(=O)O.CCCCN1C=CN(C)C1. The highest BCUT2D eigenvalue weighted by Gasteiger charge is 2.06. The van der Waals surface area contributed by atoms with E-state index in [0.29, 0.717) is 0 Å². The number of carbonyl (C=O) groups is 1. The zero-order valence-corrected chi connectivity index (χ0v) is 14.1. The van der Waals surface area contributed by atoms with Crippen molar-refractivity contribution in [3.05, 3.63) is 25.1 Å². The molecule has 0 aliphatic carbocycles. The Balaban J connectivity index is 0.000000406. The summed E-state index contributed by atoms with van der Waals surface area (Å²) in [5, 5.41) is 0. The Morgan fingerprint density at radius 1 is 1.41 bits per heavy atom. The lowest BCUT2D eigenvalue weighted by Crippen LogP contribution is -2.23. The minimum Gasteiger partial charge on any atom is -0.463 e. The van der Waals surface area contributed by atoms with Gasteiger partial charge in [0.25, 0.3) is 10.1 Å². The molecule has 128 valence electrons. The zero-order chi connectivity index (χ0) is 17.0. The van der Waals surface area contributed by atoms with Crippen LogP contribution in [-0.4, -0.2) is 61.4 Å². The van der Waals surface area contributed by atoms with Crippen LogP contribution in [0.2, 0.25) is 0 Å². The van der Waals surface area contributed by atoms with E-state index in [1.165, 1.54) is 19.4 Å². The van der Waals surface area contributed by atoms with Crippen LogP contribution >= 0.6 is 0 Å². The Bertz CT molecular complexity index is 462. The summed E-state index contributed by atoms with van der Waals surface area (Å²) in [4.78, 5) is 14.9. The maximum absolute atomic E-state index is 10.4. The van der Waals surface area contributed by atoms with Crippen LogP contribution < -0.4 is 0 Å². The molecule has 8 heteroatoms. The van der Waals surface area contributed by atoms with Crippen LogP contribution in [0, 0.1) is 0 Å². The molecule has 1 aliphatic rings. The average molecular weight is 334 g/mol. The predicted molar refractivity (Wildman–Crippen MR) is 85.6 cm³/mol. The number of nitrogens with zero attached hydrogens (tertiary/aromatic N) is 2. The lowest BCUT2D eigenvalue weighted by atomic mass is 10.3. The molecule has 1 aliphatic heterocycles. The summed E-state index contributed by atoms with van der Waals surface area (Å²) in [6.45, 7) is 7.61. The van der Waals surface area contributed by atoms with Gasteiger partial charge in [-0.15, -0.1) is 0 Å². The highest BCUT2D eigenvalue weighted by molar-refractivity contribution is 7.85. The van der Waals surface area contributed by atoms with Crippen LogP contribution in [-0.2, 0) is 19.6 Å². The molecule has 0 fully saturated rings. The summed E-state index contributed by atoms with van der Waals surface area (Å²) in [7, 11) is -1.85. The van der Waals surface area contributed by atoms with Crippen molar-refractivity contribution in [1.82, 2.24) is 9.80 Å². The van der Waals surface area contributed by atoms with Crippen LogP contribution in [0.3, 0.4) is 0 Å². The highest BCUT2D eigenvalue weighted by Crippen LogP contribution is 2.04. The molecule has 1 heterocycles. The molecule has 0 radical (unpaired) electrons. The molecular formula is C14H26N2O5S. The first kappa shape index (κ1) is 20.5. The molecule has 0 unspecified atom stereocenters. The first-order chi connectivity index (χ1) is 10.3. The van der Waals surface area contributed by atoms with Gasteiger partial charge in [0.2, 0.25) is 0 Å². The first-order valence-corrected chi connectivity index (χ1v) is 8.76. The van der Waals surface area contributed by atoms with Crippen LogP contribution in [0.4, 0.5) is 0 Å². The minimum absolute atomic E-state index is 0.0371. The molecule has 0 aromatic carbocycles. The van der Waals surface area contributed by atoms with E-state index in [2.05, 4.69) is 47.5 Å². The van der Waals surface area contributed by atoms with Gasteiger partial charge in [-0.1, -0.05) is 19.9 Å². The summed E-state index contributed by atoms with van der Waals surface area (Å²) in [5.74, 6) is -1.01. The number of esters is 1. The number of carbonyl (C=O) groups excluding carboxylic acids is 1. The van der Waals surface area contributed by atoms with Crippen molar-refractivity contribution in [2.45, 2.75) is 26.2 Å². The van der Waals surface area contributed by atoms with Crippen LogP contribution in [0.5, 0.6) is 0 Å². The van der Waals surface area contributed by atoms with E-state index < -0.39 is 21.8 Å². The van der Waals surface area contributed by atoms with E-state index in [1.807, 2.05) is 0 Å². The third-order valence-electron chi connectivity index (χ3n) is 2.69. The fourth-order valence-corrected chi connectivity index (χ4v) is 2.05. The topological polar surface area (TPSA) is 87.1 Å². The van der Waals surface area contributed by atoms with Crippen LogP contribution in [0.15, 0.2) is 25.1 Å². The van der Waals surface area contributed by atoms with Gasteiger partial charge in [0.1, 0.15) is 0 Å². The van der Waals surface area contributed by atoms with Crippen molar-refractivity contribution in [3.8, 4) is 0 Å². The maximum atomic E-state index is 10.4. The Hall–Kier alpha value is -1.54. The summed E-state index contributed by atoms with van der Waals surface area (Å²) in [6, 6.07) is 0. The van der Waals surface area contributed by atoms with Gasteiger partial charge in [0.15, 0.2) is 0 Å². The van der Waals surface area contributed by atoms with E-state index in [-0.39, 0.29) is 13.0 Å². The number of hydrogen-bond acceptors (Lipinski definition) is 6. The van der Waals surface area contributed by atoms with Gasteiger partial charge >= 0.3 is 5.97 Å². The van der Waals surface area contributed by atoms with Gasteiger partial charge in [0.05, 0.1) is 19.0 Å². The molecule has 1 N–H and O–H groups in total. The Labute approximate surface area is 133 Å². The smallest absolute Gasteiger partial charge is 0.330 e. The van der Waals surface area contributed by atoms with Gasteiger partial charge in [-0.25, -0.2) is 4.79 Å². The Morgan fingerprint density at radius 2 is 2.09 bits per heavy atom. The fraction of sp³-hybridized carbons (Fsp3) is 0.643. The Kier molecular flexibility index (Phi) is 10.3. The third-order valence-corrected chi connectivity index (χ3v) is 3.50. The molecule has 0 saturated carbocycles. The molecule has 0 atom stereocenters. The van der Waals surface area contributed by atoms with Crippen molar-refractivity contribution >= 4 is 16.1 Å². The molecular weight excluding hydrogens is 308 g/mol. The second-order valence-corrected chi connectivity index (χ2v) is 6.45. The lowest BCUT2D eigenvalue weighted by molar-refractivity contribution is -0.137. The molecule has 0 spiro atoms. The molecule has 0 saturated heterocycles. The number of rotatable bonds is 8. The van der Waals surface area contributed by atoms with E-state index in [1.54, 1.807) is 0 Å². The molecule has 22 heavy (non-hydrogen) atoms. The summed E-state index contributed by atoms with van der Waals surface area (Å²) in [6.07, 6.45) is 7.93. The second kappa shape index (κ2) is 11.1. The van der Waals surface area contributed by atoms with E-state index >= 15 is 0 Å². The van der Waals surface area contributed by atoms with Gasteiger partial charge in [0, 0.05) is 32.1 Å². The van der Waals surface area contributed by atoms with Crippen molar-refractivity contribution in [2.75, 3.05) is 32.6 Å². The van der Waals surface area contributed by atoms with Crippen molar-refractivity contribution < 1.29 is 22.5 Å². The molecule has 7 nitrogen and oxygen atoms in total. The van der Waals surface area contributed by atoms with E-state index in [0.717, 1.165) is 12.7 Å². The second-order valence-electron chi connectivity index (χ2n) is 4.87. The van der Waals surface area contributed by atoms with Gasteiger partial charge in [-0.3, -0.25) is 4.55 Å². The van der Waals surface area contributed by atoms with E-state index in [9.17, 15) is 13.2 Å². The summed E-state index contributed by atoms with van der Waals surface area (Å²) < 4.78 is 33.0. The average Bonchev–Trinajstić information content (AvgIpc) is 2.86. The molecule has 0 amide bonds. The van der Waals surface area contributed by atoms with Crippen molar-refractivity contribution in [1.29, 1.82) is 0 Å². The fourth-order valence-electron chi connectivity index (χ4n) is 1.57. The first-order valence-electron chi connectivity index (χ1n) is 7.15. The van der Waals surface area contributed by atoms with Crippen molar-refractivity contribution in [3.63, 3.8) is 0 Å². The number of ether oxygens (including phenoxy) is 1. The molecule has 0 aromatic heterocycles. The molecule has 1 rings (SSSR count). The predicted octanol–water partition coefficient (Wildman–Crippen LogP) is 1.46. The summed E-state index contributed by atoms with van der Waals surface area (Å²) in [5.41, 5.74) is 0. The maximum Gasteiger partial charge on any atom is 0.330 e. The summed E-state index contributed by atoms with van der Waals surface area (Å²) >= 11 is 0. The minimum atomic E-state index is -3.95. The zero-order valence-electron chi connectivity index (χ0n) is 13.3. The van der Waals surface area contributed by atoms with Gasteiger partial charge < -0.3 is 14.5 Å². The van der Waals surface area contributed by atoms with Crippen LogP contribution in [0.1, 0.15) is 26.2 Å². The number of unbranched alkanes of at least 4 members (excludes halogenated alkanes) is 1. The standard InChI is InChI=1S/C8H16N2.C6H10O5S/c1-3-4-5-10-7-6-9(2)8-10;1-2-6(7)11-4-3-5-12(8,9)10/h6-7H,3-5,8H2,1-2H3;2H,1,3-5H2,(H,8,9,10). The van der Waals surface area contributed by atoms with E-state index in [4.69, 9.17) is 4.55 Å². The number of hydrogen-bond donors (Lipinski definition) is 1. The monoisotopic (exact) mass is 334 g/mol. The quantitative estimate of drug-likeness (QED) is 0.311. The molecule has 0 aromatic rings. The van der Waals surface area contributed by atoms with Gasteiger partial charge in [-0.2, -0.15) is 8.42 Å². The third kappa shape index (κ3) is 12.2. The van der Waals surface area contributed by atoms with Crippen LogP contribution in [0.25, 0.3) is 0 Å². The lowest BCUT2D eigenvalue weighted by Gasteiger charge is -2.17. The Morgan fingerprint density at radius 3 is 2.55 bits per heavy atom. The van der Waals surface area contributed by atoms with Gasteiger partial charge in [-0.05, 0) is 12.8 Å². The van der Waals surface area contributed by atoms with Crippen molar-refractivity contribution in [2.24, 2.45) is 0 Å². The highest BCUT2D eigenvalue weighted by atomic mass is 32.2. The normalized spacial score (nSPS) is 13.6. The molecule has 0 bridgehead atoms.